The van der Waals surface area contributed by atoms with Crippen molar-refractivity contribution in [2.24, 2.45) is 0 Å². The molecule has 13 heavy (non-hydrogen) atoms. The summed E-state index contributed by atoms with van der Waals surface area (Å²) in [5.74, 6) is 2.60. The zero-order valence-corrected chi connectivity index (χ0v) is 9.90. The van der Waals surface area contributed by atoms with Crippen LogP contribution < -0.4 is 5.32 Å². The fourth-order valence-corrected chi connectivity index (χ4v) is 4.49. The average molecular weight is 232 g/mol. The Bertz CT molecular complexity index is 268. The summed E-state index contributed by atoms with van der Waals surface area (Å²) in [5.41, 5.74) is 1.11. The minimum atomic E-state index is 0.726. The van der Waals surface area contributed by atoms with Gasteiger partial charge < -0.3 is 5.32 Å². The number of hydrogen-bond donors (Lipinski definition) is 1. The van der Waals surface area contributed by atoms with Crippen molar-refractivity contribution in [3.05, 3.63) is 11.1 Å². The standard InChI is InChI=1S/C8H12N2S3/c1-6-5-13-8(10-6)9-4-7-11-2-3-12-7/h5,7H,2-4H2,1H3,(H,9,10). The van der Waals surface area contributed by atoms with Crippen LogP contribution in [0.5, 0.6) is 0 Å². The van der Waals surface area contributed by atoms with Gasteiger partial charge in [0.1, 0.15) is 0 Å². The van der Waals surface area contributed by atoms with Crippen LogP contribution in [-0.2, 0) is 0 Å². The molecule has 1 aromatic heterocycles. The van der Waals surface area contributed by atoms with Crippen LogP contribution >= 0.6 is 34.9 Å². The van der Waals surface area contributed by atoms with Crippen molar-refractivity contribution in [1.29, 1.82) is 0 Å². The molecule has 0 atom stereocenters. The van der Waals surface area contributed by atoms with Gasteiger partial charge in [-0.2, -0.15) is 0 Å². The summed E-state index contributed by atoms with van der Waals surface area (Å²) < 4.78 is 0.726. The molecule has 1 N–H and O–H groups in total. The van der Waals surface area contributed by atoms with E-state index in [1.54, 1.807) is 11.3 Å². The van der Waals surface area contributed by atoms with E-state index in [4.69, 9.17) is 0 Å². The Hall–Kier alpha value is 0.130. The van der Waals surface area contributed by atoms with Gasteiger partial charge in [0.15, 0.2) is 5.13 Å². The molecule has 72 valence electrons. The van der Waals surface area contributed by atoms with Gasteiger partial charge >= 0.3 is 0 Å². The average Bonchev–Trinajstić information content (AvgIpc) is 2.71. The van der Waals surface area contributed by atoms with E-state index < -0.39 is 0 Å². The summed E-state index contributed by atoms with van der Waals surface area (Å²) in [6.07, 6.45) is 0. The number of hydrogen-bond acceptors (Lipinski definition) is 5. The normalized spacial score (nSPS) is 17.9. The third-order valence-corrected chi connectivity index (χ3v) is 5.68. The SMILES string of the molecule is Cc1csc(NCC2SCCS2)n1. The van der Waals surface area contributed by atoms with E-state index >= 15 is 0 Å². The van der Waals surface area contributed by atoms with Crippen LogP contribution in [0.4, 0.5) is 5.13 Å². The molecule has 1 saturated heterocycles. The number of aromatic nitrogens is 1. The van der Waals surface area contributed by atoms with Gasteiger partial charge in [-0.25, -0.2) is 4.98 Å². The molecule has 1 aromatic rings. The minimum absolute atomic E-state index is 0.726. The van der Waals surface area contributed by atoms with Crippen molar-refractivity contribution in [2.45, 2.75) is 11.5 Å². The Morgan fingerprint density at radius 3 is 2.92 bits per heavy atom. The van der Waals surface area contributed by atoms with E-state index in [1.807, 2.05) is 30.4 Å². The molecular weight excluding hydrogens is 220 g/mol. The van der Waals surface area contributed by atoms with Crippen molar-refractivity contribution in [3.8, 4) is 0 Å². The maximum absolute atomic E-state index is 4.36. The summed E-state index contributed by atoms with van der Waals surface area (Å²) in [4.78, 5) is 4.36. The van der Waals surface area contributed by atoms with Crippen LogP contribution in [0, 0.1) is 6.92 Å². The molecule has 0 amide bonds. The van der Waals surface area contributed by atoms with E-state index in [0.717, 1.165) is 22.0 Å². The summed E-state index contributed by atoms with van der Waals surface area (Å²) in [5, 5.41) is 6.51. The van der Waals surface area contributed by atoms with Gasteiger partial charge in [-0.05, 0) is 6.92 Å². The summed E-state index contributed by atoms with van der Waals surface area (Å²) >= 11 is 5.78. The molecule has 0 radical (unpaired) electrons. The molecule has 0 saturated carbocycles. The number of aryl methyl sites for hydroxylation is 1. The van der Waals surface area contributed by atoms with Gasteiger partial charge in [0.25, 0.3) is 0 Å². The second-order valence-electron chi connectivity index (χ2n) is 2.85. The van der Waals surface area contributed by atoms with Crippen LogP contribution in [-0.4, -0.2) is 27.6 Å². The highest BCUT2D eigenvalue weighted by atomic mass is 32.2. The smallest absolute Gasteiger partial charge is 0.182 e. The van der Waals surface area contributed by atoms with Gasteiger partial charge in [-0.15, -0.1) is 34.9 Å². The number of thioether (sulfide) groups is 2. The molecular formula is C8H12N2S3. The van der Waals surface area contributed by atoms with Gasteiger partial charge in [-0.3, -0.25) is 0 Å². The second-order valence-corrected chi connectivity index (χ2v) is 6.62. The highest BCUT2D eigenvalue weighted by Gasteiger charge is 2.15. The van der Waals surface area contributed by atoms with Crippen molar-refractivity contribution in [3.63, 3.8) is 0 Å². The summed E-state index contributed by atoms with van der Waals surface area (Å²) in [6.45, 7) is 3.07. The van der Waals surface area contributed by atoms with Crippen LogP contribution in [0.15, 0.2) is 5.38 Å². The zero-order valence-electron chi connectivity index (χ0n) is 7.45. The van der Waals surface area contributed by atoms with Crippen molar-refractivity contribution in [2.75, 3.05) is 23.4 Å². The number of nitrogens with one attached hydrogen (secondary N) is 1. The van der Waals surface area contributed by atoms with Gasteiger partial charge in [-0.1, -0.05) is 0 Å². The molecule has 0 bridgehead atoms. The Kier molecular flexibility index (Phi) is 3.40. The van der Waals surface area contributed by atoms with Gasteiger partial charge in [0.05, 0.1) is 10.3 Å². The first-order valence-corrected chi connectivity index (χ1v) is 7.21. The van der Waals surface area contributed by atoms with Gasteiger partial charge in [0.2, 0.25) is 0 Å². The second kappa shape index (κ2) is 4.57. The Morgan fingerprint density at radius 1 is 1.54 bits per heavy atom. The predicted octanol–water partition coefficient (Wildman–Crippen LogP) is 2.67. The molecule has 5 heteroatoms. The number of thiazole rings is 1. The monoisotopic (exact) mass is 232 g/mol. The molecule has 0 unspecified atom stereocenters. The first-order chi connectivity index (χ1) is 6.34. The highest BCUT2D eigenvalue weighted by Crippen LogP contribution is 2.31. The maximum atomic E-state index is 4.36. The van der Waals surface area contributed by atoms with E-state index in [1.165, 1.54) is 11.5 Å². The van der Waals surface area contributed by atoms with Crippen LogP contribution in [0.3, 0.4) is 0 Å². The van der Waals surface area contributed by atoms with E-state index in [-0.39, 0.29) is 0 Å². The first-order valence-electron chi connectivity index (χ1n) is 4.24. The predicted molar refractivity (Wildman–Crippen MR) is 64.0 cm³/mol. The fourth-order valence-electron chi connectivity index (χ4n) is 1.13. The molecule has 0 spiro atoms. The lowest BCUT2D eigenvalue weighted by Gasteiger charge is -2.07. The summed E-state index contributed by atoms with van der Waals surface area (Å²) in [7, 11) is 0. The Morgan fingerprint density at radius 2 is 2.31 bits per heavy atom. The number of rotatable bonds is 3. The number of nitrogens with zero attached hydrogens (tertiary/aromatic N) is 1. The lowest BCUT2D eigenvalue weighted by molar-refractivity contribution is 1.15. The van der Waals surface area contributed by atoms with Crippen molar-refractivity contribution in [1.82, 2.24) is 4.98 Å². The third-order valence-electron chi connectivity index (χ3n) is 1.73. The lowest BCUT2D eigenvalue weighted by atomic mass is 10.6. The molecule has 0 aliphatic carbocycles. The zero-order chi connectivity index (χ0) is 9.10. The number of anilines is 1. The van der Waals surface area contributed by atoms with E-state index in [9.17, 15) is 0 Å². The molecule has 2 rings (SSSR count). The summed E-state index contributed by atoms with van der Waals surface area (Å²) in [6, 6.07) is 0. The fraction of sp³-hybridized carbons (Fsp3) is 0.625. The quantitative estimate of drug-likeness (QED) is 0.866. The molecule has 0 aromatic carbocycles. The Labute approximate surface area is 90.9 Å². The van der Waals surface area contributed by atoms with Crippen LogP contribution in [0.25, 0.3) is 0 Å². The maximum Gasteiger partial charge on any atom is 0.182 e. The van der Waals surface area contributed by atoms with Crippen molar-refractivity contribution < 1.29 is 0 Å². The molecule has 1 fully saturated rings. The molecule has 1 aliphatic rings. The topological polar surface area (TPSA) is 24.9 Å². The Balaban J connectivity index is 1.78. The molecule has 2 nitrogen and oxygen atoms in total. The largest absolute Gasteiger partial charge is 0.360 e. The van der Waals surface area contributed by atoms with Gasteiger partial charge in [0, 0.05) is 23.4 Å². The minimum Gasteiger partial charge on any atom is -0.360 e. The van der Waals surface area contributed by atoms with E-state index in [0.29, 0.717) is 0 Å². The molecule has 1 aliphatic heterocycles. The van der Waals surface area contributed by atoms with Crippen LogP contribution in [0.2, 0.25) is 0 Å². The lowest BCUT2D eigenvalue weighted by Crippen LogP contribution is -2.10. The molecule has 2 heterocycles. The third kappa shape index (κ3) is 2.79. The van der Waals surface area contributed by atoms with Crippen molar-refractivity contribution >= 4 is 40.0 Å². The highest BCUT2D eigenvalue weighted by molar-refractivity contribution is 8.20. The first kappa shape index (κ1) is 9.68. The van der Waals surface area contributed by atoms with E-state index in [2.05, 4.69) is 15.7 Å². The van der Waals surface area contributed by atoms with Crippen LogP contribution in [0.1, 0.15) is 5.69 Å².